The van der Waals surface area contributed by atoms with E-state index in [0.717, 1.165) is 11.8 Å². The van der Waals surface area contributed by atoms with E-state index in [2.05, 4.69) is 15.6 Å². The van der Waals surface area contributed by atoms with E-state index in [4.69, 9.17) is 0 Å². The summed E-state index contributed by atoms with van der Waals surface area (Å²) in [6, 6.07) is 15.7. The normalized spacial score (nSPS) is 11.8. The molecular formula is C20H20N4O3S. The standard InChI is InChI=1S/C20H20N4O3S/c1-3-21-19(27)23-17(25)13(2)28-20-22-16-12-8-7-11-15(16)18(26)24(20)14-9-5-4-6-10-14/h4-13H,3H2,1-2H3,(H2,21,23,25,27). The molecule has 0 spiro atoms. The molecule has 0 saturated carbocycles. The molecule has 0 aliphatic rings. The highest BCUT2D eigenvalue weighted by molar-refractivity contribution is 8.00. The summed E-state index contributed by atoms with van der Waals surface area (Å²) in [4.78, 5) is 41.6. The number of urea groups is 1. The van der Waals surface area contributed by atoms with Gasteiger partial charge in [-0.3, -0.25) is 19.5 Å². The molecule has 1 heterocycles. The molecule has 3 aromatic rings. The molecule has 2 N–H and O–H groups in total. The lowest BCUT2D eigenvalue weighted by Gasteiger charge is -2.16. The van der Waals surface area contributed by atoms with Crippen LogP contribution in [-0.2, 0) is 4.79 Å². The highest BCUT2D eigenvalue weighted by Gasteiger charge is 2.21. The van der Waals surface area contributed by atoms with Crippen LogP contribution in [-0.4, -0.2) is 33.3 Å². The highest BCUT2D eigenvalue weighted by Crippen LogP contribution is 2.25. The van der Waals surface area contributed by atoms with E-state index in [1.807, 2.05) is 18.2 Å². The molecule has 1 atom stereocenters. The zero-order valence-corrected chi connectivity index (χ0v) is 16.3. The van der Waals surface area contributed by atoms with Crippen molar-refractivity contribution in [1.29, 1.82) is 0 Å². The van der Waals surface area contributed by atoms with Crippen molar-refractivity contribution in [2.45, 2.75) is 24.3 Å². The minimum atomic E-state index is -0.634. The molecule has 3 rings (SSSR count). The molecule has 2 aromatic carbocycles. The summed E-state index contributed by atoms with van der Waals surface area (Å²) in [7, 11) is 0. The van der Waals surface area contributed by atoms with E-state index in [0.29, 0.717) is 28.3 Å². The van der Waals surface area contributed by atoms with Crippen molar-refractivity contribution in [3.8, 4) is 5.69 Å². The van der Waals surface area contributed by atoms with E-state index in [-0.39, 0.29) is 5.56 Å². The van der Waals surface area contributed by atoms with Gasteiger partial charge in [-0.25, -0.2) is 9.78 Å². The smallest absolute Gasteiger partial charge is 0.321 e. The molecule has 8 heteroatoms. The number of imide groups is 1. The van der Waals surface area contributed by atoms with Gasteiger partial charge in [-0.05, 0) is 38.1 Å². The van der Waals surface area contributed by atoms with Crippen LogP contribution in [0.3, 0.4) is 0 Å². The number of hydrogen-bond acceptors (Lipinski definition) is 5. The van der Waals surface area contributed by atoms with Crippen molar-refractivity contribution < 1.29 is 9.59 Å². The molecule has 3 amide bonds. The summed E-state index contributed by atoms with van der Waals surface area (Å²) < 4.78 is 1.49. The third kappa shape index (κ3) is 4.23. The van der Waals surface area contributed by atoms with Crippen LogP contribution in [0.4, 0.5) is 4.79 Å². The number of nitrogens with one attached hydrogen (secondary N) is 2. The van der Waals surface area contributed by atoms with Gasteiger partial charge in [0, 0.05) is 6.54 Å². The first-order valence-electron chi connectivity index (χ1n) is 8.83. The number of rotatable bonds is 5. The SMILES string of the molecule is CCNC(=O)NC(=O)C(C)Sc1nc2ccccc2c(=O)n1-c1ccccc1. The van der Waals surface area contributed by atoms with E-state index < -0.39 is 17.2 Å². The summed E-state index contributed by atoms with van der Waals surface area (Å²) >= 11 is 1.12. The van der Waals surface area contributed by atoms with Gasteiger partial charge in [-0.15, -0.1) is 0 Å². The average Bonchev–Trinajstić information content (AvgIpc) is 2.69. The summed E-state index contributed by atoms with van der Waals surface area (Å²) in [5, 5.41) is 5.05. The second-order valence-electron chi connectivity index (χ2n) is 6.00. The van der Waals surface area contributed by atoms with E-state index >= 15 is 0 Å². The van der Waals surface area contributed by atoms with Crippen molar-refractivity contribution in [2.24, 2.45) is 0 Å². The van der Waals surface area contributed by atoms with Gasteiger partial charge in [-0.2, -0.15) is 0 Å². The molecule has 0 radical (unpaired) electrons. The van der Waals surface area contributed by atoms with Crippen LogP contribution in [0, 0.1) is 0 Å². The number of thioether (sulfide) groups is 1. The number of hydrogen-bond donors (Lipinski definition) is 2. The second-order valence-corrected chi connectivity index (χ2v) is 7.30. The number of aromatic nitrogens is 2. The van der Waals surface area contributed by atoms with Gasteiger partial charge in [0.1, 0.15) is 0 Å². The van der Waals surface area contributed by atoms with Crippen LogP contribution >= 0.6 is 11.8 Å². The van der Waals surface area contributed by atoms with Crippen molar-refractivity contribution in [3.63, 3.8) is 0 Å². The Morgan fingerprint density at radius 1 is 1.11 bits per heavy atom. The Morgan fingerprint density at radius 3 is 2.50 bits per heavy atom. The number of carbonyl (C=O) groups is 2. The molecule has 144 valence electrons. The van der Waals surface area contributed by atoms with Crippen LogP contribution in [0.1, 0.15) is 13.8 Å². The molecule has 0 saturated heterocycles. The van der Waals surface area contributed by atoms with Crippen molar-refractivity contribution in [3.05, 3.63) is 65.0 Å². The van der Waals surface area contributed by atoms with Crippen LogP contribution in [0.5, 0.6) is 0 Å². The maximum atomic E-state index is 13.1. The highest BCUT2D eigenvalue weighted by atomic mass is 32.2. The maximum absolute atomic E-state index is 13.1. The minimum Gasteiger partial charge on any atom is -0.338 e. The van der Waals surface area contributed by atoms with Gasteiger partial charge in [0.25, 0.3) is 5.56 Å². The quantitative estimate of drug-likeness (QED) is 0.511. The summed E-state index contributed by atoms with van der Waals surface area (Å²) in [6.07, 6.45) is 0. The maximum Gasteiger partial charge on any atom is 0.321 e. The van der Waals surface area contributed by atoms with Gasteiger partial charge in [0.2, 0.25) is 5.91 Å². The van der Waals surface area contributed by atoms with Crippen molar-refractivity contribution >= 4 is 34.6 Å². The zero-order valence-electron chi connectivity index (χ0n) is 15.5. The fourth-order valence-electron chi connectivity index (χ4n) is 2.63. The predicted molar refractivity (Wildman–Crippen MR) is 110 cm³/mol. The molecule has 1 unspecified atom stereocenters. The van der Waals surface area contributed by atoms with Crippen LogP contribution in [0.15, 0.2) is 64.5 Å². The van der Waals surface area contributed by atoms with Crippen molar-refractivity contribution in [2.75, 3.05) is 6.54 Å². The van der Waals surface area contributed by atoms with E-state index in [1.54, 1.807) is 50.2 Å². The summed E-state index contributed by atoms with van der Waals surface area (Å²) in [5.74, 6) is -0.460. The third-order valence-electron chi connectivity index (χ3n) is 3.98. The Bertz CT molecular complexity index is 1070. The van der Waals surface area contributed by atoms with Gasteiger partial charge in [0.05, 0.1) is 21.8 Å². The lowest BCUT2D eigenvalue weighted by molar-refractivity contribution is -0.119. The Kier molecular flexibility index (Phi) is 6.10. The van der Waals surface area contributed by atoms with Crippen LogP contribution < -0.4 is 16.2 Å². The first-order chi connectivity index (χ1) is 13.5. The first kappa shape index (κ1) is 19.6. The largest absolute Gasteiger partial charge is 0.338 e. The Morgan fingerprint density at radius 2 is 1.79 bits per heavy atom. The number of para-hydroxylation sites is 2. The van der Waals surface area contributed by atoms with Crippen LogP contribution in [0.2, 0.25) is 0 Å². The number of nitrogens with zero attached hydrogens (tertiary/aromatic N) is 2. The number of fused-ring (bicyclic) bond motifs is 1. The monoisotopic (exact) mass is 396 g/mol. The van der Waals surface area contributed by atoms with Crippen LogP contribution in [0.25, 0.3) is 16.6 Å². The molecule has 0 aliphatic heterocycles. The van der Waals surface area contributed by atoms with Gasteiger partial charge >= 0.3 is 6.03 Å². The lowest BCUT2D eigenvalue weighted by Crippen LogP contribution is -2.42. The van der Waals surface area contributed by atoms with Gasteiger partial charge < -0.3 is 5.32 Å². The summed E-state index contributed by atoms with van der Waals surface area (Å²) in [6.45, 7) is 3.84. The molecule has 7 nitrogen and oxygen atoms in total. The first-order valence-corrected chi connectivity index (χ1v) is 9.71. The molecule has 1 aromatic heterocycles. The molecular weight excluding hydrogens is 376 g/mol. The molecule has 0 fully saturated rings. The minimum absolute atomic E-state index is 0.212. The fourth-order valence-corrected chi connectivity index (χ4v) is 3.55. The zero-order chi connectivity index (χ0) is 20.1. The van der Waals surface area contributed by atoms with E-state index in [1.165, 1.54) is 4.57 Å². The third-order valence-corrected chi connectivity index (χ3v) is 5.04. The van der Waals surface area contributed by atoms with Gasteiger partial charge in [0.15, 0.2) is 5.16 Å². The second kappa shape index (κ2) is 8.71. The average molecular weight is 396 g/mol. The Balaban J connectivity index is 2.01. The van der Waals surface area contributed by atoms with Gasteiger partial charge in [-0.1, -0.05) is 42.1 Å². The molecule has 0 aliphatic carbocycles. The van der Waals surface area contributed by atoms with E-state index in [9.17, 15) is 14.4 Å². The Hall–Kier alpha value is -3.13. The molecule has 28 heavy (non-hydrogen) atoms. The Labute approximate surface area is 166 Å². The number of amides is 3. The number of benzene rings is 2. The number of carbonyl (C=O) groups excluding carboxylic acids is 2. The van der Waals surface area contributed by atoms with Crippen molar-refractivity contribution in [1.82, 2.24) is 20.2 Å². The summed E-state index contributed by atoms with van der Waals surface area (Å²) in [5.41, 5.74) is 0.999. The predicted octanol–water partition coefficient (Wildman–Crippen LogP) is 2.71. The lowest BCUT2D eigenvalue weighted by atomic mass is 10.2. The topological polar surface area (TPSA) is 93.1 Å². The molecule has 0 bridgehead atoms. The fraction of sp³-hybridized carbons (Fsp3) is 0.200.